The number of thiazole rings is 1. The van der Waals surface area contributed by atoms with Crippen LogP contribution in [0, 0.1) is 6.92 Å². The van der Waals surface area contributed by atoms with E-state index in [9.17, 15) is 9.90 Å². The lowest BCUT2D eigenvalue weighted by atomic mass is 10.1. The Hall–Kier alpha value is -1.66. The van der Waals surface area contributed by atoms with Gasteiger partial charge in [-0.3, -0.25) is 4.79 Å². The van der Waals surface area contributed by atoms with E-state index in [2.05, 4.69) is 10.3 Å². The third-order valence-electron chi connectivity index (χ3n) is 4.55. The molecule has 2 unspecified atom stereocenters. The molecule has 0 saturated heterocycles. The number of amides is 1. The minimum Gasteiger partial charge on any atom is -0.467 e. The van der Waals surface area contributed by atoms with Crippen molar-refractivity contribution in [2.45, 2.75) is 64.0 Å². The van der Waals surface area contributed by atoms with Crippen molar-refractivity contribution >= 4 is 17.2 Å². The molecule has 1 fully saturated rings. The van der Waals surface area contributed by atoms with Crippen LogP contribution in [0.2, 0.25) is 0 Å². The van der Waals surface area contributed by atoms with Crippen LogP contribution in [0.25, 0.3) is 0 Å². The molecule has 3 rings (SSSR count). The molecule has 0 radical (unpaired) electrons. The lowest BCUT2D eigenvalue weighted by molar-refractivity contribution is 0.0906. The average molecular weight is 348 g/mol. The third-order valence-corrected chi connectivity index (χ3v) is 5.87. The summed E-state index contributed by atoms with van der Waals surface area (Å²) < 4.78 is 5.19. The number of hydrogen-bond donors (Lipinski definition) is 2. The quantitative estimate of drug-likeness (QED) is 0.829. The Labute approximate surface area is 146 Å². The Morgan fingerprint density at radius 1 is 1.50 bits per heavy atom. The summed E-state index contributed by atoms with van der Waals surface area (Å²) in [6.45, 7) is 3.78. The minimum atomic E-state index is -0.716. The summed E-state index contributed by atoms with van der Waals surface area (Å²) in [5.41, 5.74) is 0.804. The van der Waals surface area contributed by atoms with Crippen molar-refractivity contribution in [3.63, 3.8) is 0 Å². The highest BCUT2D eigenvalue weighted by molar-refractivity contribution is 7.13. The summed E-state index contributed by atoms with van der Waals surface area (Å²) in [6.07, 6.45) is 6.10. The molecule has 0 bridgehead atoms. The molecule has 2 aromatic rings. The first-order valence-electron chi connectivity index (χ1n) is 8.54. The van der Waals surface area contributed by atoms with Crippen LogP contribution in [0.4, 0.5) is 0 Å². The van der Waals surface area contributed by atoms with Crippen molar-refractivity contribution in [1.29, 1.82) is 0 Å². The predicted molar refractivity (Wildman–Crippen MR) is 93.3 cm³/mol. The molecule has 1 amide bonds. The van der Waals surface area contributed by atoms with E-state index in [-0.39, 0.29) is 11.9 Å². The number of nitrogens with one attached hydrogen (secondary N) is 1. The fourth-order valence-electron chi connectivity index (χ4n) is 3.26. The monoisotopic (exact) mass is 348 g/mol. The Morgan fingerprint density at radius 3 is 2.92 bits per heavy atom. The van der Waals surface area contributed by atoms with E-state index < -0.39 is 6.10 Å². The zero-order valence-electron chi connectivity index (χ0n) is 14.1. The smallest absolute Gasteiger partial charge is 0.263 e. The van der Waals surface area contributed by atoms with E-state index in [1.807, 2.05) is 13.8 Å². The molecule has 0 aliphatic heterocycles. The van der Waals surface area contributed by atoms with Crippen LogP contribution in [-0.4, -0.2) is 22.0 Å². The first kappa shape index (κ1) is 17.2. The second kappa shape index (κ2) is 7.49. The number of aromatic nitrogens is 1. The zero-order chi connectivity index (χ0) is 17.1. The van der Waals surface area contributed by atoms with Crippen LogP contribution in [0.3, 0.4) is 0 Å². The van der Waals surface area contributed by atoms with Gasteiger partial charge < -0.3 is 14.8 Å². The van der Waals surface area contributed by atoms with Gasteiger partial charge in [0.1, 0.15) is 16.7 Å². The lowest BCUT2D eigenvalue weighted by Gasteiger charge is -2.16. The molecular weight excluding hydrogens is 324 g/mol. The number of aryl methyl sites for hydroxylation is 1. The maximum absolute atomic E-state index is 12.5. The first-order valence-corrected chi connectivity index (χ1v) is 9.36. The Kier molecular flexibility index (Phi) is 5.36. The van der Waals surface area contributed by atoms with Crippen molar-refractivity contribution in [3.8, 4) is 0 Å². The molecular formula is C18H24N2O3S. The van der Waals surface area contributed by atoms with Crippen molar-refractivity contribution in [3.05, 3.63) is 39.7 Å². The summed E-state index contributed by atoms with van der Waals surface area (Å²) in [4.78, 5) is 17.8. The molecule has 6 heteroatoms. The molecule has 5 nitrogen and oxygen atoms in total. The first-order chi connectivity index (χ1) is 11.5. The highest BCUT2D eigenvalue weighted by Gasteiger charge is 2.25. The van der Waals surface area contributed by atoms with E-state index in [1.54, 1.807) is 12.1 Å². The van der Waals surface area contributed by atoms with Gasteiger partial charge >= 0.3 is 0 Å². The van der Waals surface area contributed by atoms with E-state index in [0.29, 0.717) is 23.0 Å². The fourth-order valence-corrected chi connectivity index (χ4v) is 4.39. The SMILES string of the molecule is Cc1nc(C2CCCC2)sc1C(=O)NC(C)CC(O)c1ccco1. The second-order valence-electron chi connectivity index (χ2n) is 6.59. The normalized spacial score (nSPS) is 17.8. The summed E-state index contributed by atoms with van der Waals surface area (Å²) in [5, 5.41) is 14.2. The standard InChI is InChI=1S/C18H24N2O3S/c1-11(10-14(21)15-8-5-9-23-15)19-17(22)16-12(2)20-18(24-16)13-6-3-4-7-13/h5,8-9,11,13-14,21H,3-4,6-7,10H2,1-2H3,(H,19,22). The van der Waals surface area contributed by atoms with Crippen LogP contribution in [0.15, 0.2) is 22.8 Å². The molecule has 130 valence electrons. The van der Waals surface area contributed by atoms with Gasteiger partial charge in [0.15, 0.2) is 0 Å². The molecule has 2 aromatic heterocycles. The Morgan fingerprint density at radius 2 is 2.25 bits per heavy atom. The molecule has 24 heavy (non-hydrogen) atoms. The Balaban J connectivity index is 1.60. The van der Waals surface area contributed by atoms with Crippen molar-refractivity contribution in [2.24, 2.45) is 0 Å². The lowest BCUT2D eigenvalue weighted by Crippen LogP contribution is -2.33. The van der Waals surface area contributed by atoms with E-state index >= 15 is 0 Å². The molecule has 1 aliphatic rings. The number of rotatable bonds is 6. The largest absolute Gasteiger partial charge is 0.467 e. The molecule has 1 aliphatic carbocycles. The number of aliphatic hydroxyl groups is 1. The number of nitrogens with zero attached hydrogens (tertiary/aromatic N) is 1. The van der Waals surface area contributed by atoms with Gasteiger partial charge in [0, 0.05) is 18.4 Å². The minimum absolute atomic E-state index is 0.103. The molecule has 2 atom stereocenters. The van der Waals surface area contributed by atoms with E-state index in [0.717, 1.165) is 10.7 Å². The van der Waals surface area contributed by atoms with Crippen LogP contribution in [0.1, 0.15) is 77.2 Å². The highest BCUT2D eigenvalue weighted by Crippen LogP contribution is 2.37. The van der Waals surface area contributed by atoms with Gasteiger partial charge in [0.2, 0.25) is 0 Å². The van der Waals surface area contributed by atoms with Crippen molar-refractivity contribution in [1.82, 2.24) is 10.3 Å². The van der Waals surface area contributed by atoms with Gasteiger partial charge in [-0.2, -0.15) is 0 Å². The number of carbonyl (C=O) groups excluding carboxylic acids is 1. The summed E-state index contributed by atoms with van der Waals surface area (Å²) in [6, 6.07) is 3.32. The molecule has 0 spiro atoms. The topological polar surface area (TPSA) is 75.4 Å². The van der Waals surface area contributed by atoms with Crippen LogP contribution < -0.4 is 5.32 Å². The summed E-state index contributed by atoms with van der Waals surface area (Å²) >= 11 is 1.52. The summed E-state index contributed by atoms with van der Waals surface area (Å²) in [5.74, 6) is 0.940. The summed E-state index contributed by atoms with van der Waals surface area (Å²) in [7, 11) is 0. The van der Waals surface area contributed by atoms with Gasteiger partial charge in [0.25, 0.3) is 5.91 Å². The predicted octanol–water partition coefficient (Wildman–Crippen LogP) is 3.94. The van der Waals surface area contributed by atoms with Gasteiger partial charge in [-0.1, -0.05) is 12.8 Å². The maximum atomic E-state index is 12.5. The number of hydrogen-bond acceptors (Lipinski definition) is 5. The van der Waals surface area contributed by atoms with Crippen LogP contribution in [-0.2, 0) is 0 Å². The maximum Gasteiger partial charge on any atom is 0.263 e. The number of aliphatic hydroxyl groups excluding tert-OH is 1. The van der Waals surface area contributed by atoms with Gasteiger partial charge in [0.05, 0.1) is 17.0 Å². The zero-order valence-corrected chi connectivity index (χ0v) is 14.9. The van der Waals surface area contributed by atoms with Crippen LogP contribution >= 0.6 is 11.3 Å². The van der Waals surface area contributed by atoms with Gasteiger partial charge in [-0.25, -0.2) is 4.98 Å². The second-order valence-corrected chi connectivity index (χ2v) is 7.62. The van der Waals surface area contributed by atoms with Crippen molar-refractivity contribution < 1.29 is 14.3 Å². The fraction of sp³-hybridized carbons (Fsp3) is 0.556. The van der Waals surface area contributed by atoms with E-state index in [1.165, 1.54) is 43.3 Å². The molecule has 2 heterocycles. The van der Waals surface area contributed by atoms with Gasteiger partial charge in [-0.15, -0.1) is 11.3 Å². The number of carbonyl (C=O) groups is 1. The van der Waals surface area contributed by atoms with E-state index in [4.69, 9.17) is 4.42 Å². The number of furan rings is 1. The third kappa shape index (κ3) is 3.87. The molecule has 1 saturated carbocycles. The highest BCUT2D eigenvalue weighted by atomic mass is 32.1. The van der Waals surface area contributed by atoms with Gasteiger partial charge in [-0.05, 0) is 38.8 Å². The molecule has 2 N–H and O–H groups in total. The molecule has 0 aromatic carbocycles. The van der Waals surface area contributed by atoms with Crippen molar-refractivity contribution in [2.75, 3.05) is 0 Å². The van der Waals surface area contributed by atoms with Crippen LogP contribution in [0.5, 0.6) is 0 Å². The average Bonchev–Trinajstić information content (AvgIpc) is 3.28. The Bertz CT molecular complexity index is 675.